The predicted octanol–water partition coefficient (Wildman–Crippen LogP) is 8.02. The van der Waals surface area contributed by atoms with Gasteiger partial charge in [-0.25, -0.2) is 0 Å². The van der Waals surface area contributed by atoms with Crippen molar-refractivity contribution in [1.82, 2.24) is 4.90 Å². The van der Waals surface area contributed by atoms with Gasteiger partial charge in [-0.2, -0.15) is 0 Å². The van der Waals surface area contributed by atoms with Crippen LogP contribution >= 0.6 is 0 Å². The third-order valence-corrected chi connectivity index (χ3v) is 8.35. The molecule has 214 valence electrons. The van der Waals surface area contributed by atoms with E-state index in [2.05, 4.69) is 93.4 Å². The molecule has 0 aliphatic heterocycles. The Kier molecular flexibility index (Phi) is 10.3. The van der Waals surface area contributed by atoms with Gasteiger partial charge in [0.1, 0.15) is 6.61 Å². The van der Waals surface area contributed by atoms with E-state index < -0.39 is 0 Å². The van der Waals surface area contributed by atoms with Crippen molar-refractivity contribution in [3.63, 3.8) is 0 Å². The van der Waals surface area contributed by atoms with Gasteiger partial charge >= 0.3 is 0 Å². The van der Waals surface area contributed by atoms with E-state index in [0.717, 1.165) is 31.5 Å². The van der Waals surface area contributed by atoms with Crippen molar-refractivity contribution in [3.8, 4) is 22.6 Å². The van der Waals surface area contributed by atoms with Crippen LogP contribution in [-0.4, -0.2) is 43.2 Å². The van der Waals surface area contributed by atoms with Gasteiger partial charge in [0.15, 0.2) is 11.5 Å². The molecule has 5 heteroatoms. The Morgan fingerprint density at radius 2 is 1.57 bits per heavy atom. The van der Waals surface area contributed by atoms with E-state index in [1.54, 1.807) is 7.11 Å². The summed E-state index contributed by atoms with van der Waals surface area (Å²) in [6.07, 6.45) is 2.79. The molecular weight excluding hydrogens is 496 g/mol. The standard InChI is InChI=1S/C35H46N2O3/c1-24(2)37(25(3)4)20-21-40-34-23-31(17-19-33(34)39-6)36-35(38)30-16-18-32(26(5)22-30)29-14-12-28(13-15-29)27-10-8-7-9-11-27/h7-15,17,19,23-26,30,32H,16,18,20-22H2,1-6H3,(H,36,38). The Morgan fingerprint density at radius 3 is 2.20 bits per heavy atom. The van der Waals surface area contributed by atoms with Crippen LogP contribution in [0, 0.1) is 11.8 Å². The normalized spacial score (nSPS) is 19.2. The third kappa shape index (κ3) is 7.45. The van der Waals surface area contributed by atoms with Crippen LogP contribution in [0.2, 0.25) is 0 Å². The van der Waals surface area contributed by atoms with Crippen LogP contribution in [0.1, 0.15) is 65.4 Å². The van der Waals surface area contributed by atoms with Crippen molar-refractivity contribution in [2.24, 2.45) is 11.8 Å². The van der Waals surface area contributed by atoms with Gasteiger partial charge in [-0.3, -0.25) is 9.69 Å². The quantitative estimate of drug-likeness (QED) is 0.267. The summed E-state index contributed by atoms with van der Waals surface area (Å²) < 4.78 is 11.6. The molecule has 1 aliphatic rings. The minimum Gasteiger partial charge on any atom is -0.493 e. The van der Waals surface area contributed by atoms with Crippen LogP contribution < -0.4 is 14.8 Å². The summed E-state index contributed by atoms with van der Waals surface area (Å²) in [5.74, 6) is 2.34. The molecule has 0 radical (unpaired) electrons. The number of anilines is 1. The molecule has 1 aliphatic carbocycles. The number of carbonyl (C=O) groups excluding carboxylic acids is 1. The van der Waals surface area contributed by atoms with Crippen molar-refractivity contribution in [2.75, 3.05) is 25.6 Å². The first kappa shape index (κ1) is 29.7. The summed E-state index contributed by atoms with van der Waals surface area (Å²) in [5, 5.41) is 3.15. The average molecular weight is 543 g/mol. The molecular formula is C35H46N2O3. The minimum absolute atomic E-state index is 0.00644. The van der Waals surface area contributed by atoms with Crippen LogP contribution in [0.4, 0.5) is 5.69 Å². The van der Waals surface area contributed by atoms with E-state index in [0.29, 0.717) is 42.0 Å². The Bertz CT molecular complexity index is 1220. The molecule has 0 saturated heterocycles. The molecule has 1 fully saturated rings. The van der Waals surface area contributed by atoms with Crippen molar-refractivity contribution in [1.29, 1.82) is 0 Å². The second-order valence-electron chi connectivity index (χ2n) is 11.7. The van der Waals surface area contributed by atoms with E-state index in [1.807, 2.05) is 24.3 Å². The van der Waals surface area contributed by atoms with Gasteiger partial charge in [0.2, 0.25) is 5.91 Å². The summed E-state index contributed by atoms with van der Waals surface area (Å²) in [7, 11) is 1.64. The van der Waals surface area contributed by atoms with E-state index in [4.69, 9.17) is 9.47 Å². The lowest BCUT2D eigenvalue weighted by Crippen LogP contribution is -2.39. The molecule has 1 N–H and O–H groups in total. The van der Waals surface area contributed by atoms with Crippen LogP contribution in [0.15, 0.2) is 72.8 Å². The summed E-state index contributed by atoms with van der Waals surface area (Å²) in [6, 6.07) is 26.0. The smallest absolute Gasteiger partial charge is 0.227 e. The van der Waals surface area contributed by atoms with Gasteiger partial charge in [0, 0.05) is 36.3 Å². The van der Waals surface area contributed by atoms with Crippen LogP contribution in [-0.2, 0) is 4.79 Å². The van der Waals surface area contributed by atoms with Crippen LogP contribution in [0.5, 0.6) is 11.5 Å². The van der Waals surface area contributed by atoms with Crippen molar-refractivity contribution in [2.45, 2.75) is 71.9 Å². The molecule has 5 nitrogen and oxygen atoms in total. The highest BCUT2D eigenvalue weighted by Gasteiger charge is 2.32. The molecule has 0 bridgehead atoms. The van der Waals surface area contributed by atoms with Crippen LogP contribution in [0.3, 0.4) is 0 Å². The first-order valence-corrected chi connectivity index (χ1v) is 14.8. The summed E-state index contributed by atoms with van der Waals surface area (Å²) in [6.45, 7) is 12.5. The maximum atomic E-state index is 13.3. The fourth-order valence-electron chi connectivity index (χ4n) is 6.17. The second kappa shape index (κ2) is 13.8. The average Bonchev–Trinajstić information content (AvgIpc) is 2.95. The first-order chi connectivity index (χ1) is 19.3. The fraction of sp³-hybridized carbons (Fsp3) is 0.457. The SMILES string of the molecule is COc1ccc(NC(=O)C2CCC(c3ccc(-c4ccccc4)cc3)C(C)C2)cc1OCCN(C(C)C)C(C)C. The van der Waals surface area contributed by atoms with Gasteiger partial charge in [-0.15, -0.1) is 0 Å². The van der Waals surface area contributed by atoms with E-state index in [-0.39, 0.29) is 11.8 Å². The zero-order valence-electron chi connectivity index (χ0n) is 25.0. The molecule has 3 aromatic rings. The Hall–Kier alpha value is -3.31. The molecule has 3 aromatic carbocycles. The summed E-state index contributed by atoms with van der Waals surface area (Å²) >= 11 is 0. The highest BCUT2D eigenvalue weighted by molar-refractivity contribution is 5.93. The molecule has 1 saturated carbocycles. The molecule has 3 atom stereocenters. The number of methoxy groups -OCH3 is 1. The highest BCUT2D eigenvalue weighted by Crippen LogP contribution is 2.41. The summed E-state index contributed by atoms with van der Waals surface area (Å²) in [4.78, 5) is 15.7. The molecule has 1 amide bonds. The van der Waals surface area contributed by atoms with Crippen molar-refractivity contribution in [3.05, 3.63) is 78.4 Å². The van der Waals surface area contributed by atoms with E-state index >= 15 is 0 Å². The Morgan fingerprint density at radius 1 is 0.900 bits per heavy atom. The topological polar surface area (TPSA) is 50.8 Å². The Balaban J connectivity index is 1.34. The number of hydrogen-bond donors (Lipinski definition) is 1. The number of benzene rings is 3. The monoisotopic (exact) mass is 542 g/mol. The number of nitrogens with zero attached hydrogens (tertiary/aromatic N) is 1. The van der Waals surface area contributed by atoms with Gasteiger partial charge in [-0.1, -0.05) is 61.5 Å². The molecule has 0 aromatic heterocycles. The number of rotatable bonds is 11. The molecule has 4 rings (SSSR count). The van der Waals surface area contributed by atoms with Gasteiger partial charge in [-0.05, 0) is 87.6 Å². The lowest BCUT2D eigenvalue weighted by molar-refractivity contribution is -0.121. The largest absolute Gasteiger partial charge is 0.493 e. The zero-order chi connectivity index (χ0) is 28.6. The van der Waals surface area contributed by atoms with Gasteiger partial charge < -0.3 is 14.8 Å². The zero-order valence-corrected chi connectivity index (χ0v) is 25.0. The van der Waals surface area contributed by atoms with E-state index in [9.17, 15) is 4.79 Å². The number of ether oxygens (including phenoxy) is 2. The van der Waals surface area contributed by atoms with Crippen LogP contribution in [0.25, 0.3) is 11.1 Å². The molecule has 40 heavy (non-hydrogen) atoms. The fourth-order valence-corrected chi connectivity index (χ4v) is 6.17. The molecule has 0 heterocycles. The third-order valence-electron chi connectivity index (χ3n) is 8.35. The maximum Gasteiger partial charge on any atom is 0.227 e. The van der Waals surface area contributed by atoms with E-state index in [1.165, 1.54) is 16.7 Å². The number of nitrogens with one attached hydrogen (secondary N) is 1. The van der Waals surface area contributed by atoms with Gasteiger partial charge in [0.05, 0.1) is 7.11 Å². The number of carbonyl (C=O) groups is 1. The molecule has 3 unspecified atom stereocenters. The highest BCUT2D eigenvalue weighted by atomic mass is 16.5. The molecule has 0 spiro atoms. The number of hydrogen-bond acceptors (Lipinski definition) is 4. The van der Waals surface area contributed by atoms with Crippen molar-refractivity contribution < 1.29 is 14.3 Å². The lowest BCUT2D eigenvalue weighted by Gasteiger charge is -2.34. The summed E-state index contributed by atoms with van der Waals surface area (Å²) in [5.41, 5.74) is 4.60. The Labute approximate surface area is 240 Å². The number of amides is 1. The lowest BCUT2D eigenvalue weighted by atomic mass is 9.71. The van der Waals surface area contributed by atoms with Crippen molar-refractivity contribution >= 4 is 11.6 Å². The minimum atomic E-state index is 0.00644. The maximum absolute atomic E-state index is 13.3. The second-order valence-corrected chi connectivity index (χ2v) is 11.7. The predicted molar refractivity (Wildman–Crippen MR) is 165 cm³/mol. The van der Waals surface area contributed by atoms with Gasteiger partial charge in [0.25, 0.3) is 0 Å². The first-order valence-electron chi connectivity index (χ1n) is 14.8.